The molecule has 1 heterocycles. The zero-order chi connectivity index (χ0) is 12.7. The zero-order valence-corrected chi connectivity index (χ0v) is 11.7. The number of hydrogen-bond acceptors (Lipinski definition) is 2. The topological polar surface area (TPSA) is 24.9 Å². The number of hydrogen-bond donors (Lipinski definition) is 1. The lowest BCUT2D eigenvalue weighted by Gasteiger charge is -2.28. The molecule has 17 heavy (non-hydrogen) atoms. The molecule has 0 saturated heterocycles. The Hall–Kier alpha value is -0.890. The molecule has 0 aliphatic carbocycles. The van der Waals surface area contributed by atoms with Crippen molar-refractivity contribution < 1.29 is 0 Å². The highest BCUT2D eigenvalue weighted by Gasteiger charge is 2.21. The Morgan fingerprint density at radius 1 is 1.24 bits per heavy atom. The van der Waals surface area contributed by atoms with Gasteiger partial charge in [-0.25, -0.2) is 0 Å². The van der Waals surface area contributed by atoms with Crippen LogP contribution in [-0.2, 0) is 0 Å². The third-order valence-electron chi connectivity index (χ3n) is 3.55. The van der Waals surface area contributed by atoms with Crippen molar-refractivity contribution in [2.24, 2.45) is 5.92 Å². The molecule has 0 saturated carbocycles. The maximum Gasteiger partial charge on any atom is 0.0366 e. The van der Waals surface area contributed by atoms with Gasteiger partial charge < -0.3 is 5.32 Å². The first-order valence-corrected chi connectivity index (χ1v) is 6.88. The van der Waals surface area contributed by atoms with Crippen LogP contribution in [0.3, 0.4) is 0 Å². The maximum absolute atomic E-state index is 4.29. The molecule has 0 aliphatic heterocycles. The minimum atomic E-state index is 0.457. The van der Waals surface area contributed by atoms with Crippen molar-refractivity contribution in [3.63, 3.8) is 0 Å². The minimum Gasteiger partial charge on any atom is -0.310 e. The first kappa shape index (κ1) is 14.2. The largest absolute Gasteiger partial charge is 0.310 e. The number of nitrogens with zero attached hydrogens (tertiary/aromatic N) is 1. The number of nitrogens with one attached hydrogen (secondary N) is 1. The van der Waals surface area contributed by atoms with Crippen LogP contribution in [0.1, 0.15) is 57.2 Å². The van der Waals surface area contributed by atoms with Crippen LogP contribution >= 0.6 is 0 Å². The normalized spacial score (nSPS) is 13.0. The van der Waals surface area contributed by atoms with Gasteiger partial charge in [-0.3, -0.25) is 4.98 Å². The molecule has 0 amide bonds. The smallest absolute Gasteiger partial charge is 0.0366 e. The van der Waals surface area contributed by atoms with Crippen LogP contribution in [-0.4, -0.2) is 11.5 Å². The second-order valence-electron chi connectivity index (χ2n) is 4.74. The van der Waals surface area contributed by atoms with Gasteiger partial charge in [0, 0.05) is 18.4 Å². The van der Waals surface area contributed by atoms with Gasteiger partial charge in [-0.1, -0.05) is 33.6 Å². The van der Waals surface area contributed by atoms with Gasteiger partial charge in [0.05, 0.1) is 0 Å². The van der Waals surface area contributed by atoms with Crippen LogP contribution in [0.5, 0.6) is 0 Å². The van der Waals surface area contributed by atoms with E-state index >= 15 is 0 Å². The lowest BCUT2D eigenvalue weighted by atomic mass is 9.87. The van der Waals surface area contributed by atoms with Crippen LogP contribution in [0.25, 0.3) is 0 Å². The van der Waals surface area contributed by atoms with E-state index < -0.39 is 0 Å². The summed E-state index contributed by atoms with van der Waals surface area (Å²) in [5.41, 5.74) is 2.72. The van der Waals surface area contributed by atoms with E-state index in [4.69, 9.17) is 0 Å². The molecule has 1 aromatic heterocycles. The summed E-state index contributed by atoms with van der Waals surface area (Å²) in [5.74, 6) is 0.699. The Balaban J connectivity index is 2.92. The van der Waals surface area contributed by atoms with Gasteiger partial charge in [0.2, 0.25) is 0 Å². The molecule has 1 unspecified atom stereocenters. The van der Waals surface area contributed by atoms with Gasteiger partial charge in [-0.2, -0.15) is 0 Å². The summed E-state index contributed by atoms with van der Waals surface area (Å²) in [7, 11) is 0. The average Bonchev–Trinajstić information content (AvgIpc) is 2.36. The molecule has 1 rings (SSSR count). The van der Waals surface area contributed by atoms with Crippen molar-refractivity contribution in [2.75, 3.05) is 6.54 Å². The molecule has 2 heteroatoms. The fraction of sp³-hybridized carbons (Fsp3) is 0.667. The maximum atomic E-state index is 4.29. The second-order valence-corrected chi connectivity index (χ2v) is 4.74. The second kappa shape index (κ2) is 7.44. The quantitative estimate of drug-likeness (QED) is 0.774. The zero-order valence-electron chi connectivity index (χ0n) is 11.7. The van der Waals surface area contributed by atoms with Crippen LogP contribution in [0.15, 0.2) is 18.5 Å². The Bertz CT molecular complexity index is 318. The van der Waals surface area contributed by atoms with Crippen molar-refractivity contribution in [1.82, 2.24) is 10.3 Å². The lowest BCUT2D eigenvalue weighted by molar-refractivity contribution is 0.340. The molecule has 0 radical (unpaired) electrons. The van der Waals surface area contributed by atoms with E-state index in [0.29, 0.717) is 12.0 Å². The monoisotopic (exact) mass is 234 g/mol. The fourth-order valence-corrected chi connectivity index (χ4v) is 2.39. The molecule has 2 nitrogen and oxygen atoms in total. The third kappa shape index (κ3) is 3.81. The molecular weight excluding hydrogens is 208 g/mol. The van der Waals surface area contributed by atoms with E-state index in [2.05, 4.69) is 44.1 Å². The van der Waals surface area contributed by atoms with Crippen LogP contribution in [0.4, 0.5) is 0 Å². The average molecular weight is 234 g/mol. The van der Waals surface area contributed by atoms with Gasteiger partial charge in [0.1, 0.15) is 0 Å². The Morgan fingerprint density at radius 2 is 1.94 bits per heavy atom. The minimum absolute atomic E-state index is 0.457. The molecule has 0 aromatic carbocycles. The number of pyridine rings is 1. The lowest BCUT2D eigenvalue weighted by Crippen LogP contribution is -2.29. The van der Waals surface area contributed by atoms with Gasteiger partial charge in [-0.15, -0.1) is 0 Å². The highest BCUT2D eigenvalue weighted by Crippen LogP contribution is 2.28. The fourth-order valence-electron chi connectivity index (χ4n) is 2.39. The van der Waals surface area contributed by atoms with E-state index in [0.717, 1.165) is 6.54 Å². The van der Waals surface area contributed by atoms with E-state index in [1.807, 2.05) is 12.4 Å². The first-order chi connectivity index (χ1) is 8.24. The van der Waals surface area contributed by atoms with E-state index in [1.54, 1.807) is 0 Å². The molecule has 0 bridgehead atoms. The Kier molecular flexibility index (Phi) is 6.20. The summed E-state index contributed by atoms with van der Waals surface area (Å²) in [4.78, 5) is 4.29. The van der Waals surface area contributed by atoms with Gasteiger partial charge in [-0.05, 0) is 43.0 Å². The number of aryl methyl sites for hydroxylation is 1. The highest BCUT2D eigenvalue weighted by atomic mass is 14.9. The molecule has 0 fully saturated rings. The molecule has 96 valence electrons. The van der Waals surface area contributed by atoms with Gasteiger partial charge in [0.25, 0.3) is 0 Å². The van der Waals surface area contributed by atoms with E-state index in [-0.39, 0.29) is 0 Å². The predicted octanol–water partition coefficient (Wildman–Crippen LogP) is 3.87. The SMILES string of the molecule is CCCNC(c1cnccc1C)C(CC)CC. The molecule has 0 spiro atoms. The Morgan fingerprint density at radius 3 is 2.47 bits per heavy atom. The molecule has 1 atom stereocenters. The molecular formula is C15H26N2. The summed E-state index contributed by atoms with van der Waals surface area (Å²) in [5, 5.41) is 3.69. The molecule has 1 aromatic rings. The summed E-state index contributed by atoms with van der Waals surface area (Å²) >= 11 is 0. The number of rotatable bonds is 7. The van der Waals surface area contributed by atoms with Crippen molar-refractivity contribution in [2.45, 2.75) is 53.0 Å². The molecule has 1 N–H and O–H groups in total. The van der Waals surface area contributed by atoms with Crippen LogP contribution in [0, 0.1) is 12.8 Å². The third-order valence-corrected chi connectivity index (χ3v) is 3.55. The summed E-state index contributed by atoms with van der Waals surface area (Å²) in [6.07, 6.45) is 7.51. The van der Waals surface area contributed by atoms with E-state index in [1.165, 1.54) is 30.4 Å². The van der Waals surface area contributed by atoms with Gasteiger partial charge in [0.15, 0.2) is 0 Å². The van der Waals surface area contributed by atoms with Crippen molar-refractivity contribution in [3.05, 3.63) is 29.6 Å². The highest BCUT2D eigenvalue weighted by molar-refractivity contribution is 5.25. The number of aromatic nitrogens is 1. The summed E-state index contributed by atoms with van der Waals surface area (Å²) in [6, 6.07) is 2.57. The first-order valence-electron chi connectivity index (χ1n) is 6.88. The van der Waals surface area contributed by atoms with Crippen molar-refractivity contribution in [3.8, 4) is 0 Å². The Labute approximate surface area is 106 Å². The van der Waals surface area contributed by atoms with Crippen molar-refractivity contribution in [1.29, 1.82) is 0 Å². The summed E-state index contributed by atoms with van der Waals surface area (Å²) in [6.45, 7) is 10.0. The standard InChI is InChI=1S/C15H26N2/c1-5-9-17-15(13(6-2)7-3)14-11-16-10-8-12(14)4/h8,10-11,13,15,17H,5-7,9H2,1-4H3. The van der Waals surface area contributed by atoms with Gasteiger partial charge >= 0.3 is 0 Å². The van der Waals surface area contributed by atoms with Crippen LogP contribution in [0.2, 0.25) is 0 Å². The van der Waals surface area contributed by atoms with E-state index in [9.17, 15) is 0 Å². The van der Waals surface area contributed by atoms with Crippen molar-refractivity contribution >= 4 is 0 Å². The molecule has 0 aliphatic rings. The predicted molar refractivity (Wildman–Crippen MR) is 74.1 cm³/mol. The van der Waals surface area contributed by atoms with Crippen LogP contribution < -0.4 is 5.32 Å². The summed E-state index contributed by atoms with van der Waals surface area (Å²) < 4.78 is 0.